The van der Waals surface area contributed by atoms with E-state index in [0.29, 0.717) is 23.2 Å². The number of carbonyl (C=O) groups excluding carboxylic acids is 3. The van der Waals surface area contributed by atoms with Gasteiger partial charge in [0, 0.05) is 23.0 Å². The average molecular weight is 375 g/mol. The van der Waals surface area contributed by atoms with Crippen LogP contribution in [0.2, 0.25) is 0 Å². The number of halogens is 1. The van der Waals surface area contributed by atoms with Crippen LogP contribution in [0.5, 0.6) is 0 Å². The molecule has 0 aliphatic carbocycles. The van der Waals surface area contributed by atoms with Crippen LogP contribution in [0.3, 0.4) is 0 Å². The molecule has 0 spiro atoms. The first-order valence-electron chi connectivity index (χ1n) is 6.98. The minimum atomic E-state index is -0.350. The van der Waals surface area contributed by atoms with E-state index in [0.717, 1.165) is 4.47 Å². The SMILES string of the molecule is O=CNc1ccc(Br)cc1C(=O)NCCC(=O)c1ccccc1. The van der Waals surface area contributed by atoms with Crippen molar-refractivity contribution in [1.82, 2.24) is 5.32 Å². The quantitative estimate of drug-likeness (QED) is 0.577. The van der Waals surface area contributed by atoms with E-state index < -0.39 is 0 Å². The summed E-state index contributed by atoms with van der Waals surface area (Å²) < 4.78 is 0.722. The Labute approximate surface area is 142 Å². The molecule has 0 aliphatic heterocycles. The largest absolute Gasteiger partial charge is 0.352 e. The first kappa shape index (κ1) is 16.9. The van der Waals surface area contributed by atoms with Crippen molar-refractivity contribution >= 4 is 39.7 Å². The summed E-state index contributed by atoms with van der Waals surface area (Å²) in [5, 5.41) is 5.17. The molecule has 0 atom stereocenters. The van der Waals surface area contributed by atoms with E-state index in [2.05, 4.69) is 26.6 Å². The third-order valence-corrected chi connectivity index (χ3v) is 3.67. The van der Waals surface area contributed by atoms with Crippen molar-refractivity contribution in [3.05, 3.63) is 64.1 Å². The fourth-order valence-electron chi connectivity index (χ4n) is 2.05. The number of amides is 2. The summed E-state index contributed by atoms with van der Waals surface area (Å²) in [6.45, 7) is 0.222. The molecule has 0 saturated carbocycles. The fourth-order valence-corrected chi connectivity index (χ4v) is 2.41. The Morgan fingerprint density at radius 1 is 1.09 bits per heavy atom. The molecule has 5 nitrogen and oxygen atoms in total. The van der Waals surface area contributed by atoms with Gasteiger partial charge in [0.15, 0.2) is 5.78 Å². The van der Waals surface area contributed by atoms with Crippen molar-refractivity contribution in [2.45, 2.75) is 6.42 Å². The predicted octanol–water partition coefficient (Wildman–Crippen LogP) is 3.02. The van der Waals surface area contributed by atoms with E-state index in [9.17, 15) is 14.4 Å². The van der Waals surface area contributed by atoms with Crippen LogP contribution in [0.15, 0.2) is 53.0 Å². The lowest BCUT2D eigenvalue weighted by Crippen LogP contribution is -2.27. The van der Waals surface area contributed by atoms with E-state index in [1.165, 1.54) is 0 Å². The van der Waals surface area contributed by atoms with Gasteiger partial charge in [-0.05, 0) is 18.2 Å². The molecule has 6 heteroatoms. The van der Waals surface area contributed by atoms with Gasteiger partial charge in [-0.1, -0.05) is 46.3 Å². The summed E-state index contributed by atoms with van der Waals surface area (Å²) in [6, 6.07) is 13.9. The van der Waals surface area contributed by atoms with Crippen molar-refractivity contribution < 1.29 is 14.4 Å². The van der Waals surface area contributed by atoms with Crippen molar-refractivity contribution in [2.75, 3.05) is 11.9 Å². The number of ketones is 1. The van der Waals surface area contributed by atoms with Gasteiger partial charge in [-0.15, -0.1) is 0 Å². The monoisotopic (exact) mass is 374 g/mol. The lowest BCUT2D eigenvalue weighted by atomic mass is 10.1. The van der Waals surface area contributed by atoms with Gasteiger partial charge in [-0.3, -0.25) is 14.4 Å². The van der Waals surface area contributed by atoms with Crippen LogP contribution >= 0.6 is 15.9 Å². The Balaban J connectivity index is 1.96. The highest BCUT2D eigenvalue weighted by Crippen LogP contribution is 2.20. The van der Waals surface area contributed by atoms with E-state index >= 15 is 0 Å². The Morgan fingerprint density at radius 3 is 2.52 bits per heavy atom. The van der Waals surface area contributed by atoms with Gasteiger partial charge in [0.1, 0.15) is 0 Å². The molecule has 0 saturated heterocycles. The molecule has 2 rings (SSSR count). The lowest BCUT2D eigenvalue weighted by Gasteiger charge is -2.09. The summed E-state index contributed by atoms with van der Waals surface area (Å²) >= 11 is 3.29. The van der Waals surface area contributed by atoms with Crippen LogP contribution in [0.4, 0.5) is 5.69 Å². The summed E-state index contributed by atoms with van der Waals surface area (Å²) in [4.78, 5) is 34.8. The first-order valence-corrected chi connectivity index (χ1v) is 7.77. The second kappa shape index (κ2) is 8.24. The van der Waals surface area contributed by atoms with Gasteiger partial charge in [0.05, 0.1) is 11.3 Å². The van der Waals surface area contributed by atoms with Gasteiger partial charge in [0.25, 0.3) is 5.91 Å². The molecule has 2 amide bonds. The number of carbonyl (C=O) groups is 3. The van der Waals surface area contributed by atoms with Gasteiger partial charge >= 0.3 is 0 Å². The maximum Gasteiger partial charge on any atom is 0.253 e. The van der Waals surface area contributed by atoms with Crippen LogP contribution in [-0.4, -0.2) is 24.6 Å². The first-order chi connectivity index (χ1) is 11.1. The van der Waals surface area contributed by atoms with E-state index in [1.54, 1.807) is 42.5 Å². The molecule has 0 bridgehead atoms. The topological polar surface area (TPSA) is 75.3 Å². The third-order valence-electron chi connectivity index (χ3n) is 3.17. The zero-order valence-corrected chi connectivity index (χ0v) is 13.8. The standard InChI is InChI=1S/C17H15BrN2O3/c18-13-6-7-15(20-11-21)14(10-13)17(23)19-9-8-16(22)12-4-2-1-3-5-12/h1-7,10-11H,8-9H2,(H,19,23)(H,20,21). The predicted molar refractivity (Wildman–Crippen MR) is 91.6 cm³/mol. The normalized spacial score (nSPS) is 9.96. The second-order valence-corrected chi connectivity index (χ2v) is 5.66. The molecule has 0 unspecified atom stereocenters. The molecule has 2 aromatic rings. The summed E-state index contributed by atoms with van der Waals surface area (Å²) in [5.41, 5.74) is 1.36. The van der Waals surface area contributed by atoms with Crippen LogP contribution in [0.25, 0.3) is 0 Å². The minimum Gasteiger partial charge on any atom is -0.352 e. The molecule has 2 N–H and O–H groups in total. The summed E-state index contributed by atoms with van der Waals surface area (Å²) in [5.74, 6) is -0.386. The Bertz CT molecular complexity index is 717. The number of Topliss-reactive ketones (excluding diaryl/α,β-unsaturated/α-hetero) is 1. The van der Waals surface area contributed by atoms with Crippen LogP contribution in [0.1, 0.15) is 27.1 Å². The molecule has 23 heavy (non-hydrogen) atoms. The second-order valence-electron chi connectivity index (χ2n) is 4.75. The summed E-state index contributed by atoms with van der Waals surface area (Å²) in [7, 11) is 0. The van der Waals surface area contributed by atoms with Crippen molar-refractivity contribution in [3.8, 4) is 0 Å². The zero-order valence-electron chi connectivity index (χ0n) is 12.2. The number of hydrogen-bond donors (Lipinski definition) is 2. The number of nitrogens with one attached hydrogen (secondary N) is 2. The van der Waals surface area contributed by atoms with E-state index in [-0.39, 0.29) is 24.7 Å². The molecular formula is C17H15BrN2O3. The van der Waals surface area contributed by atoms with E-state index in [1.807, 2.05) is 6.07 Å². The number of rotatable bonds is 7. The van der Waals surface area contributed by atoms with Crippen molar-refractivity contribution in [3.63, 3.8) is 0 Å². The Kier molecular flexibility index (Phi) is 6.05. The third kappa shape index (κ3) is 4.75. The fraction of sp³-hybridized carbons (Fsp3) is 0.118. The molecule has 0 heterocycles. The Morgan fingerprint density at radius 2 is 1.83 bits per heavy atom. The molecule has 2 aromatic carbocycles. The highest BCUT2D eigenvalue weighted by Gasteiger charge is 2.12. The maximum atomic E-state index is 12.2. The number of anilines is 1. The average Bonchev–Trinajstić information content (AvgIpc) is 2.57. The molecule has 0 aliphatic rings. The van der Waals surface area contributed by atoms with Gasteiger partial charge < -0.3 is 10.6 Å². The highest BCUT2D eigenvalue weighted by atomic mass is 79.9. The van der Waals surface area contributed by atoms with Gasteiger partial charge in [-0.25, -0.2) is 0 Å². The maximum absolute atomic E-state index is 12.2. The van der Waals surface area contributed by atoms with Crippen LogP contribution < -0.4 is 10.6 Å². The van der Waals surface area contributed by atoms with Crippen LogP contribution in [-0.2, 0) is 4.79 Å². The Hall–Kier alpha value is -2.47. The molecular weight excluding hydrogens is 360 g/mol. The molecule has 0 fully saturated rings. The smallest absolute Gasteiger partial charge is 0.253 e. The zero-order chi connectivity index (χ0) is 16.7. The van der Waals surface area contributed by atoms with E-state index in [4.69, 9.17) is 0 Å². The molecule has 0 radical (unpaired) electrons. The summed E-state index contributed by atoms with van der Waals surface area (Å²) in [6.07, 6.45) is 0.721. The molecule has 118 valence electrons. The van der Waals surface area contributed by atoms with Crippen molar-refractivity contribution in [2.24, 2.45) is 0 Å². The molecule has 0 aromatic heterocycles. The number of hydrogen-bond acceptors (Lipinski definition) is 3. The number of benzene rings is 2. The van der Waals surface area contributed by atoms with Gasteiger partial charge in [-0.2, -0.15) is 0 Å². The van der Waals surface area contributed by atoms with Crippen molar-refractivity contribution in [1.29, 1.82) is 0 Å². The lowest BCUT2D eigenvalue weighted by molar-refractivity contribution is -0.105. The van der Waals surface area contributed by atoms with Gasteiger partial charge in [0.2, 0.25) is 6.41 Å². The van der Waals surface area contributed by atoms with Crippen LogP contribution in [0, 0.1) is 0 Å². The minimum absolute atomic E-state index is 0.0358. The highest BCUT2D eigenvalue weighted by molar-refractivity contribution is 9.10.